The molecule has 0 fully saturated rings. The quantitative estimate of drug-likeness (QED) is 0.781. The molecule has 14 heavy (non-hydrogen) atoms. The molecule has 0 radical (unpaired) electrons. The normalized spacial score (nSPS) is 12.6. The number of benzene rings is 1. The third-order valence-corrected chi connectivity index (χ3v) is 2.61. The van der Waals surface area contributed by atoms with Crippen LogP contribution in [-0.4, -0.2) is 13.0 Å². The molecule has 0 heterocycles. The molecule has 1 aromatic carbocycles. The summed E-state index contributed by atoms with van der Waals surface area (Å²) in [7, 11) is 1.68. The summed E-state index contributed by atoms with van der Waals surface area (Å²) < 4.78 is 5.23. The molecule has 1 unspecified atom stereocenters. The number of halogens is 1. The van der Waals surface area contributed by atoms with E-state index in [2.05, 4.69) is 13.0 Å². The monoisotopic (exact) mass is 213 g/mol. The van der Waals surface area contributed by atoms with Gasteiger partial charge in [0.2, 0.25) is 0 Å². The molecule has 78 valence electrons. The van der Waals surface area contributed by atoms with Crippen molar-refractivity contribution in [1.82, 2.24) is 0 Å². The zero-order valence-electron chi connectivity index (χ0n) is 8.59. The van der Waals surface area contributed by atoms with Gasteiger partial charge in [0.25, 0.3) is 0 Å². The maximum atomic E-state index is 5.84. The van der Waals surface area contributed by atoms with Gasteiger partial charge in [-0.25, -0.2) is 0 Å². The van der Waals surface area contributed by atoms with Crippen molar-refractivity contribution in [2.75, 3.05) is 13.0 Å². The second-order valence-electron chi connectivity index (χ2n) is 3.19. The molecule has 0 aliphatic heterocycles. The minimum Gasteiger partial charge on any atom is -0.496 e. The highest BCUT2D eigenvalue weighted by molar-refractivity contribution is 6.18. The van der Waals surface area contributed by atoms with E-state index in [4.69, 9.17) is 22.1 Å². The second-order valence-corrected chi connectivity index (χ2v) is 3.49. The van der Waals surface area contributed by atoms with Crippen LogP contribution in [0.25, 0.3) is 0 Å². The average Bonchev–Trinajstić information content (AvgIpc) is 2.26. The van der Waals surface area contributed by atoms with E-state index < -0.39 is 0 Å². The van der Waals surface area contributed by atoms with Crippen LogP contribution in [0.1, 0.15) is 24.1 Å². The Labute approximate surface area is 90.0 Å². The number of methoxy groups -OCH3 is 1. The van der Waals surface area contributed by atoms with Crippen molar-refractivity contribution in [2.45, 2.75) is 19.4 Å². The SMILES string of the molecule is CCc1cc(C(N)CCl)ccc1OC. The fraction of sp³-hybridized carbons (Fsp3) is 0.455. The van der Waals surface area contributed by atoms with Gasteiger partial charge in [-0.15, -0.1) is 11.6 Å². The number of nitrogens with two attached hydrogens (primary N) is 1. The molecule has 0 aliphatic carbocycles. The first-order chi connectivity index (χ1) is 6.72. The Kier molecular flexibility index (Phi) is 4.23. The van der Waals surface area contributed by atoms with Crippen molar-refractivity contribution >= 4 is 11.6 Å². The molecule has 1 rings (SSSR count). The van der Waals surface area contributed by atoms with Gasteiger partial charge in [-0.3, -0.25) is 0 Å². The van der Waals surface area contributed by atoms with Crippen LogP contribution in [0.2, 0.25) is 0 Å². The Hall–Kier alpha value is -0.730. The van der Waals surface area contributed by atoms with Gasteiger partial charge < -0.3 is 10.5 Å². The van der Waals surface area contributed by atoms with Crippen molar-refractivity contribution in [1.29, 1.82) is 0 Å². The van der Waals surface area contributed by atoms with Gasteiger partial charge in [0, 0.05) is 11.9 Å². The van der Waals surface area contributed by atoms with Gasteiger partial charge in [-0.1, -0.05) is 19.1 Å². The van der Waals surface area contributed by atoms with Crippen molar-refractivity contribution < 1.29 is 4.74 Å². The standard InChI is InChI=1S/C11H16ClNO/c1-3-8-6-9(10(13)7-12)4-5-11(8)14-2/h4-6,10H,3,7,13H2,1-2H3. The zero-order chi connectivity index (χ0) is 10.6. The summed E-state index contributed by atoms with van der Waals surface area (Å²) in [5, 5.41) is 0. The molecule has 1 atom stereocenters. The molecule has 0 aromatic heterocycles. The van der Waals surface area contributed by atoms with Crippen LogP contribution in [0, 0.1) is 0 Å². The third kappa shape index (κ3) is 2.40. The Morgan fingerprint density at radius 3 is 2.71 bits per heavy atom. The number of ether oxygens (including phenoxy) is 1. The summed E-state index contributed by atoms with van der Waals surface area (Å²) in [5.74, 6) is 1.35. The molecule has 0 saturated carbocycles. The van der Waals surface area contributed by atoms with Crippen LogP contribution in [0.3, 0.4) is 0 Å². The summed E-state index contributed by atoms with van der Waals surface area (Å²) >= 11 is 5.70. The minimum absolute atomic E-state index is 0.0899. The average molecular weight is 214 g/mol. The summed E-state index contributed by atoms with van der Waals surface area (Å²) in [6.07, 6.45) is 0.937. The molecule has 3 heteroatoms. The van der Waals surface area contributed by atoms with Gasteiger partial charge in [-0.05, 0) is 23.6 Å². The van der Waals surface area contributed by atoms with E-state index in [1.54, 1.807) is 7.11 Å². The summed E-state index contributed by atoms with van der Waals surface area (Å²) in [6, 6.07) is 5.88. The first kappa shape index (κ1) is 11.3. The molecule has 2 nitrogen and oxygen atoms in total. The van der Waals surface area contributed by atoms with E-state index in [0.717, 1.165) is 17.7 Å². The van der Waals surface area contributed by atoms with Gasteiger partial charge in [0.15, 0.2) is 0 Å². The van der Waals surface area contributed by atoms with Crippen molar-refractivity contribution in [3.8, 4) is 5.75 Å². The Morgan fingerprint density at radius 2 is 2.21 bits per heavy atom. The highest BCUT2D eigenvalue weighted by Crippen LogP contribution is 2.23. The number of rotatable bonds is 4. The molecule has 0 bridgehead atoms. The van der Waals surface area contributed by atoms with Crippen LogP contribution in [0.5, 0.6) is 5.75 Å². The van der Waals surface area contributed by atoms with Crippen LogP contribution >= 0.6 is 11.6 Å². The van der Waals surface area contributed by atoms with Crippen molar-refractivity contribution in [3.63, 3.8) is 0 Å². The highest BCUT2D eigenvalue weighted by Gasteiger charge is 2.07. The first-order valence-electron chi connectivity index (χ1n) is 4.71. The van der Waals surface area contributed by atoms with Crippen molar-refractivity contribution in [3.05, 3.63) is 29.3 Å². The van der Waals surface area contributed by atoms with E-state index in [1.807, 2.05) is 12.1 Å². The molecule has 0 saturated heterocycles. The summed E-state index contributed by atoms with van der Waals surface area (Å²) in [5.41, 5.74) is 8.08. The maximum Gasteiger partial charge on any atom is 0.122 e. The predicted molar refractivity (Wildman–Crippen MR) is 60.0 cm³/mol. The Balaban J connectivity index is 3.01. The maximum absolute atomic E-state index is 5.84. The Bertz CT molecular complexity index is 301. The molecule has 1 aromatic rings. The van der Waals surface area contributed by atoms with Crippen LogP contribution < -0.4 is 10.5 Å². The lowest BCUT2D eigenvalue weighted by Gasteiger charge is -2.12. The highest BCUT2D eigenvalue weighted by atomic mass is 35.5. The molecule has 0 amide bonds. The van der Waals surface area contributed by atoms with E-state index in [1.165, 1.54) is 5.56 Å². The largest absolute Gasteiger partial charge is 0.496 e. The minimum atomic E-state index is -0.0899. The number of alkyl halides is 1. The number of aryl methyl sites for hydroxylation is 1. The Morgan fingerprint density at radius 1 is 1.50 bits per heavy atom. The first-order valence-corrected chi connectivity index (χ1v) is 5.24. The zero-order valence-corrected chi connectivity index (χ0v) is 9.34. The van der Waals surface area contributed by atoms with E-state index in [0.29, 0.717) is 5.88 Å². The molecule has 2 N–H and O–H groups in total. The predicted octanol–water partition coefficient (Wildman–Crippen LogP) is 2.50. The molecule has 0 spiro atoms. The van der Waals surface area contributed by atoms with Crippen LogP contribution in [0.15, 0.2) is 18.2 Å². The fourth-order valence-corrected chi connectivity index (χ4v) is 1.57. The topological polar surface area (TPSA) is 35.2 Å². The summed E-state index contributed by atoms with van der Waals surface area (Å²) in [6.45, 7) is 2.09. The van der Waals surface area contributed by atoms with Gasteiger partial charge in [0.1, 0.15) is 5.75 Å². The van der Waals surface area contributed by atoms with E-state index >= 15 is 0 Å². The van der Waals surface area contributed by atoms with Gasteiger partial charge >= 0.3 is 0 Å². The second kappa shape index (κ2) is 5.23. The fourth-order valence-electron chi connectivity index (χ4n) is 1.39. The van der Waals surface area contributed by atoms with E-state index in [9.17, 15) is 0 Å². The van der Waals surface area contributed by atoms with E-state index in [-0.39, 0.29) is 6.04 Å². The van der Waals surface area contributed by atoms with Crippen molar-refractivity contribution in [2.24, 2.45) is 5.73 Å². The molecular formula is C11H16ClNO. The smallest absolute Gasteiger partial charge is 0.122 e. The van der Waals surface area contributed by atoms with Gasteiger partial charge in [-0.2, -0.15) is 0 Å². The van der Waals surface area contributed by atoms with Crippen LogP contribution in [0.4, 0.5) is 0 Å². The summed E-state index contributed by atoms with van der Waals surface area (Å²) in [4.78, 5) is 0. The third-order valence-electron chi connectivity index (χ3n) is 2.28. The van der Waals surface area contributed by atoms with Crippen LogP contribution in [-0.2, 0) is 6.42 Å². The lowest BCUT2D eigenvalue weighted by atomic mass is 10.0. The number of hydrogen-bond donors (Lipinski definition) is 1. The molecular weight excluding hydrogens is 198 g/mol. The molecule has 0 aliphatic rings. The van der Waals surface area contributed by atoms with Gasteiger partial charge in [0.05, 0.1) is 7.11 Å². The lowest BCUT2D eigenvalue weighted by Crippen LogP contribution is -2.12. The lowest BCUT2D eigenvalue weighted by molar-refractivity contribution is 0.410. The number of hydrogen-bond acceptors (Lipinski definition) is 2.